The maximum absolute atomic E-state index is 15.7. The Labute approximate surface area is 259 Å². The van der Waals surface area contributed by atoms with Crippen molar-refractivity contribution in [2.75, 3.05) is 12.4 Å². The second-order valence-corrected chi connectivity index (χ2v) is 11.6. The Morgan fingerprint density at radius 1 is 1.02 bits per heavy atom. The van der Waals surface area contributed by atoms with Gasteiger partial charge in [-0.1, -0.05) is 6.58 Å². The van der Waals surface area contributed by atoms with E-state index in [9.17, 15) is 4.79 Å². The summed E-state index contributed by atoms with van der Waals surface area (Å²) in [6.07, 6.45) is 7.82. The van der Waals surface area contributed by atoms with Gasteiger partial charge in [0.25, 0.3) is 0 Å². The van der Waals surface area contributed by atoms with Crippen LogP contribution in [0.5, 0.6) is 23.0 Å². The van der Waals surface area contributed by atoms with E-state index in [4.69, 9.17) is 14.2 Å². The van der Waals surface area contributed by atoms with E-state index in [0.29, 0.717) is 45.3 Å². The molecule has 10 nitrogen and oxygen atoms in total. The molecule has 5 aromatic rings. The van der Waals surface area contributed by atoms with E-state index < -0.39 is 5.82 Å². The molecule has 11 heteroatoms. The molecule has 2 aliphatic rings. The molecule has 7 rings (SSSR count). The number of fused-ring (bicyclic) bond motifs is 4. The van der Waals surface area contributed by atoms with E-state index in [1.54, 1.807) is 38.6 Å². The Hall–Kier alpha value is -5.19. The van der Waals surface area contributed by atoms with Crippen LogP contribution in [0.3, 0.4) is 0 Å². The average molecular weight is 609 g/mol. The number of carbonyl (C=O) groups excluding carboxylic acids is 1. The minimum atomic E-state index is -0.459. The van der Waals surface area contributed by atoms with Gasteiger partial charge in [0, 0.05) is 55.1 Å². The van der Waals surface area contributed by atoms with Gasteiger partial charge in [-0.2, -0.15) is 0 Å². The van der Waals surface area contributed by atoms with Crippen molar-refractivity contribution < 1.29 is 23.4 Å². The van der Waals surface area contributed by atoms with Crippen LogP contribution >= 0.6 is 0 Å². The number of imidazole rings is 1. The fourth-order valence-corrected chi connectivity index (χ4v) is 6.59. The van der Waals surface area contributed by atoms with E-state index in [2.05, 4.69) is 26.8 Å². The third-order valence-corrected chi connectivity index (χ3v) is 8.85. The minimum Gasteiger partial charge on any atom is -0.493 e. The van der Waals surface area contributed by atoms with Crippen LogP contribution in [0.2, 0.25) is 0 Å². The van der Waals surface area contributed by atoms with Crippen molar-refractivity contribution in [2.24, 2.45) is 7.05 Å². The summed E-state index contributed by atoms with van der Waals surface area (Å²) in [5.41, 5.74) is 2.98. The average Bonchev–Trinajstić information content (AvgIpc) is 3.55. The topological polar surface area (TPSA) is 104 Å². The highest BCUT2D eigenvalue weighted by Crippen LogP contribution is 2.41. The number of amides is 1. The van der Waals surface area contributed by atoms with Crippen LogP contribution in [0.25, 0.3) is 21.9 Å². The lowest BCUT2D eigenvalue weighted by molar-refractivity contribution is -0.131. The Morgan fingerprint density at radius 3 is 2.58 bits per heavy atom. The second kappa shape index (κ2) is 11.4. The molecular weight excluding hydrogens is 575 g/mol. The van der Waals surface area contributed by atoms with Crippen LogP contribution in [0.1, 0.15) is 31.2 Å². The van der Waals surface area contributed by atoms with Crippen LogP contribution in [0.4, 0.5) is 15.9 Å². The van der Waals surface area contributed by atoms with Gasteiger partial charge in [-0.25, -0.2) is 19.3 Å². The molecule has 230 valence electrons. The number of anilines is 2. The predicted octanol–water partition coefficient (Wildman–Crippen LogP) is 6.60. The Kier molecular flexibility index (Phi) is 7.23. The number of carbonyl (C=O) groups is 1. The molecule has 4 heterocycles. The third kappa shape index (κ3) is 5.17. The summed E-state index contributed by atoms with van der Waals surface area (Å²) in [6.45, 7) is 5.33. The van der Waals surface area contributed by atoms with Crippen molar-refractivity contribution in [3.63, 3.8) is 0 Å². The number of hydrogen-bond donors (Lipinski definition) is 1. The highest BCUT2D eigenvalue weighted by atomic mass is 19.1. The SMILES string of the molecule is C=CC(=O)N1C2CCC1CC(Oc1cc3c(Nc4ccc(Oc5ccc6c(c5)ncn6C)c(C)c4F)ncnc3cc1OC)C2. The van der Waals surface area contributed by atoms with Gasteiger partial charge >= 0.3 is 0 Å². The van der Waals surface area contributed by atoms with E-state index in [0.717, 1.165) is 36.7 Å². The zero-order chi connectivity index (χ0) is 31.2. The van der Waals surface area contributed by atoms with Crippen molar-refractivity contribution >= 4 is 39.3 Å². The standard InChI is InChI=1S/C34H33FN6O4/c1-5-32(42)41-20-6-7-21(41)13-23(12-20)45-31-15-24-26(16-30(31)43-4)36-17-37-34(24)39-25-9-11-29(19(2)33(25)35)44-22-8-10-28-27(14-22)38-18-40(28)3/h5,8-11,14-18,20-21,23H,1,6-7,12-13H2,2-4H3,(H,36,37,39). The molecule has 2 fully saturated rings. The largest absolute Gasteiger partial charge is 0.493 e. The molecule has 1 N–H and O–H groups in total. The van der Waals surface area contributed by atoms with E-state index in [1.807, 2.05) is 40.8 Å². The number of nitrogens with one attached hydrogen (secondary N) is 1. The zero-order valence-corrected chi connectivity index (χ0v) is 25.3. The number of methoxy groups -OCH3 is 1. The van der Waals surface area contributed by atoms with Gasteiger partial charge in [-0.15, -0.1) is 0 Å². The van der Waals surface area contributed by atoms with Gasteiger partial charge in [0.1, 0.15) is 29.7 Å². The maximum Gasteiger partial charge on any atom is 0.246 e. The lowest BCUT2D eigenvalue weighted by Gasteiger charge is -2.38. The first-order valence-corrected chi connectivity index (χ1v) is 14.9. The molecule has 0 radical (unpaired) electrons. The molecule has 2 aliphatic heterocycles. The molecule has 0 spiro atoms. The molecule has 2 aromatic heterocycles. The van der Waals surface area contributed by atoms with Gasteiger partial charge < -0.3 is 29.0 Å². The summed E-state index contributed by atoms with van der Waals surface area (Å²) < 4.78 is 35.9. The van der Waals surface area contributed by atoms with Crippen molar-refractivity contribution in [3.05, 3.63) is 79.2 Å². The van der Waals surface area contributed by atoms with Crippen LogP contribution in [-0.2, 0) is 11.8 Å². The van der Waals surface area contributed by atoms with Crippen molar-refractivity contribution in [1.29, 1.82) is 0 Å². The monoisotopic (exact) mass is 608 g/mol. The highest BCUT2D eigenvalue weighted by Gasteiger charge is 2.43. The van der Waals surface area contributed by atoms with Gasteiger partial charge in [0.15, 0.2) is 17.3 Å². The Bertz CT molecular complexity index is 1940. The number of piperidine rings is 1. The fourth-order valence-electron chi connectivity index (χ4n) is 6.59. The number of nitrogens with zero attached hydrogens (tertiary/aromatic N) is 5. The quantitative estimate of drug-likeness (QED) is 0.197. The molecule has 3 aromatic carbocycles. The van der Waals surface area contributed by atoms with Crippen molar-refractivity contribution in [1.82, 2.24) is 24.4 Å². The first kappa shape index (κ1) is 28.6. The highest BCUT2D eigenvalue weighted by molar-refractivity contribution is 5.93. The smallest absolute Gasteiger partial charge is 0.246 e. The molecule has 0 aliphatic carbocycles. The fraction of sp³-hybridized carbons (Fsp3) is 0.294. The molecule has 0 saturated carbocycles. The maximum atomic E-state index is 15.7. The number of aryl methyl sites for hydroxylation is 1. The second-order valence-electron chi connectivity index (χ2n) is 11.6. The van der Waals surface area contributed by atoms with Crippen molar-refractivity contribution in [3.8, 4) is 23.0 Å². The molecule has 45 heavy (non-hydrogen) atoms. The summed E-state index contributed by atoms with van der Waals surface area (Å²) in [7, 11) is 3.51. The molecular formula is C34H33FN6O4. The summed E-state index contributed by atoms with van der Waals surface area (Å²) >= 11 is 0. The first-order valence-electron chi connectivity index (χ1n) is 14.9. The lowest BCUT2D eigenvalue weighted by atomic mass is 9.99. The van der Waals surface area contributed by atoms with Gasteiger partial charge in [-0.3, -0.25) is 4.79 Å². The summed E-state index contributed by atoms with van der Waals surface area (Å²) in [4.78, 5) is 27.6. The van der Waals surface area contributed by atoms with Crippen LogP contribution in [0.15, 0.2) is 67.8 Å². The molecule has 1 amide bonds. The molecule has 2 bridgehead atoms. The number of hydrogen-bond acceptors (Lipinski definition) is 8. The molecule has 2 saturated heterocycles. The van der Waals surface area contributed by atoms with Crippen LogP contribution in [0, 0.1) is 12.7 Å². The van der Waals surface area contributed by atoms with Crippen LogP contribution < -0.4 is 19.5 Å². The summed E-state index contributed by atoms with van der Waals surface area (Å²) in [6, 6.07) is 12.8. The third-order valence-electron chi connectivity index (χ3n) is 8.85. The van der Waals surface area contributed by atoms with E-state index in [-0.39, 0.29) is 29.8 Å². The predicted molar refractivity (Wildman–Crippen MR) is 169 cm³/mol. The van der Waals surface area contributed by atoms with E-state index in [1.165, 1.54) is 12.4 Å². The Balaban J connectivity index is 1.14. The van der Waals surface area contributed by atoms with Crippen molar-refractivity contribution in [2.45, 2.75) is 50.8 Å². The van der Waals surface area contributed by atoms with Gasteiger partial charge in [0.2, 0.25) is 5.91 Å². The number of halogens is 1. The normalized spacial score (nSPS) is 19.1. The number of aromatic nitrogens is 4. The first-order chi connectivity index (χ1) is 21.8. The Morgan fingerprint density at radius 2 is 1.82 bits per heavy atom. The lowest BCUT2D eigenvalue weighted by Crippen LogP contribution is -2.48. The summed E-state index contributed by atoms with van der Waals surface area (Å²) in [5.74, 6) is 1.99. The molecule has 2 atom stereocenters. The zero-order valence-electron chi connectivity index (χ0n) is 25.3. The van der Waals surface area contributed by atoms with Gasteiger partial charge in [-0.05, 0) is 56.2 Å². The van der Waals surface area contributed by atoms with Gasteiger partial charge in [0.05, 0.1) is 35.7 Å². The minimum absolute atomic E-state index is 0.0230. The summed E-state index contributed by atoms with van der Waals surface area (Å²) in [5, 5.41) is 3.80. The van der Waals surface area contributed by atoms with E-state index >= 15 is 4.39 Å². The number of ether oxygens (including phenoxy) is 3. The molecule has 2 unspecified atom stereocenters. The number of benzene rings is 3. The number of rotatable bonds is 8. The van der Waals surface area contributed by atoms with Crippen LogP contribution in [-0.4, -0.2) is 55.6 Å².